The van der Waals surface area contributed by atoms with E-state index in [0.717, 1.165) is 18.3 Å². The van der Waals surface area contributed by atoms with Gasteiger partial charge in [-0.2, -0.15) is 4.98 Å². The van der Waals surface area contributed by atoms with Crippen LogP contribution in [0.25, 0.3) is 0 Å². The highest BCUT2D eigenvalue weighted by atomic mass is 35.5. The zero-order valence-electron chi connectivity index (χ0n) is 14.1. The molecule has 0 spiro atoms. The predicted octanol–water partition coefficient (Wildman–Crippen LogP) is 1.32. The molecule has 2 heterocycles. The van der Waals surface area contributed by atoms with Crippen LogP contribution in [0.1, 0.15) is 25.0 Å². The van der Waals surface area contributed by atoms with E-state index in [4.69, 9.17) is 37.1 Å². The van der Waals surface area contributed by atoms with Crippen molar-refractivity contribution in [3.05, 3.63) is 10.7 Å². The van der Waals surface area contributed by atoms with Gasteiger partial charge in [0.25, 0.3) is 12.9 Å². The standard InChI is InChI=1S/C13H20ClN5.2CH2O2/c1-8-11(14)12(18-13(15)17-8)16-6-9-4-5-19(7-9)10-2-3-10;2*2-1-3/h9-10H,2-7H2,1H3,(H3,15,16,17,18);2*1H,(H,2,3). The number of hydrogen-bond donors (Lipinski definition) is 4. The minimum absolute atomic E-state index is 0.250. The van der Waals surface area contributed by atoms with E-state index in [2.05, 4.69) is 20.2 Å². The third kappa shape index (κ3) is 7.10. The fraction of sp³-hybridized carbons (Fsp3) is 0.600. The van der Waals surface area contributed by atoms with Crippen LogP contribution in [0.4, 0.5) is 11.8 Å². The molecular weight excluding hydrogens is 350 g/mol. The van der Waals surface area contributed by atoms with Gasteiger partial charge in [-0.3, -0.25) is 9.59 Å². The maximum absolute atomic E-state index is 8.36. The van der Waals surface area contributed by atoms with E-state index in [1.807, 2.05) is 6.92 Å². The van der Waals surface area contributed by atoms with E-state index in [1.165, 1.54) is 32.4 Å². The lowest BCUT2D eigenvalue weighted by atomic mass is 10.1. The van der Waals surface area contributed by atoms with Gasteiger partial charge >= 0.3 is 0 Å². The Balaban J connectivity index is 0.000000460. The first kappa shape index (κ1) is 20.9. The number of carboxylic acid groups (broad SMARTS) is 2. The fourth-order valence-corrected chi connectivity index (χ4v) is 2.89. The summed E-state index contributed by atoms with van der Waals surface area (Å²) in [5.74, 6) is 1.61. The first-order valence-electron chi connectivity index (χ1n) is 7.90. The molecular formula is C15H24ClN5O4. The Labute approximate surface area is 151 Å². The number of rotatable bonds is 4. The Hall–Kier alpha value is -2.13. The molecule has 0 amide bonds. The lowest BCUT2D eigenvalue weighted by Crippen LogP contribution is -2.25. The first-order chi connectivity index (χ1) is 12.0. The molecule has 2 fully saturated rings. The molecule has 10 heteroatoms. The van der Waals surface area contributed by atoms with Gasteiger partial charge in [-0.05, 0) is 38.6 Å². The van der Waals surface area contributed by atoms with Gasteiger partial charge in [0.1, 0.15) is 5.02 Å². The van der Waals surface area contributed by atoms with Gasteiger partial charge in [-0.25, -0.2) is 4.98 Å². The second-order valence-electron chi connectivity index (χ2n) is 5.80. The first-order valence-corrected chi connectivity index (χ1v) is 8.27. The van der Waals surface area contributed by atoms with E-state index >= 15 is 0 Å². The highest BCUT2D eigenvalue weighted by molar-refractivity contribution is 6.33. The molecule has 1 atom stereocenters. The quantitative estimate of drug-likeness (QED) is 0.574. The lowest BCUT2D eigenvalue weighted by Gasteiger charge is -2.16. The highest BCUT2D eigenvalue weighted by Crippen LogP contribution is 2.32. The summed E-state index contributed by atoms with van der Waals surface area (Å²) in [6.07, 6.45) is 4.02. The third-order valence-corrected chi connectivity index (χ3v) is 4.43. The summed E-state index contributed by atoms with van der Waals surface area (Å²) in [6, 6.07) is 0.866. The van der Waals surface area contributed by atoms with E-state index in [1.54, 1.807) is 0 Å². The van der Waals surface area contributed by atoms with Gasteiger partial charge in [0.05, 0.1) is 5.69 Å². The monoisotopic (exact) mass is 373 g/mol. The minimum atomic E-state index is -0.250. The zero-order chi connectivity index (χ0) is 18.8. The predicted molar refractivity (Wildman–Crippen MR) is 94.8 cm³/mol. The minimum Gasteiger partial charge on any atom is -0.483 e. The number of aromatic nitrogens is 2. The lowest BCUT2D eigenvalue weighted by molar-refractivity contribution is -0.123. The van der Waals surface area contributed by atoms with Crippen molar-refractivity contribution >= 4 is 36.3 Å². The second kappa shape index (κ2) is 10.7. The molecule has 1 saturated heterocycles. The van der Waals surface area contributed by atoms with Crippen molar-refractivity contribution in [2.75, 3.05) is 30.7 Å². The zero-order valence-corrected chi connectivity index (χ0v) is 14.8. The van der Waals surface area contributed by atoms with Crippen LogP contribution >= 0.6 is 11.6 Å². The van der Waals surface area contributed by atoms with Crippen LogP contribution in [0, 0.1) is 12.8 Å². The summed E-state index contributed by atoms with van der Waals surface area (Å²) in [4.78, 5) is 27.5. The number of likely N-dealkylation sites (tertiary alicyclic amines) is 1. The fourth-order valence-electron chi connectivity index (χ4n) is 2.74. The molecule has 0 radical (unpaired) electrons. The number of anilines is 2. The van der Waals surface area contributed by atoms with Crippen LogP contribution < -0.4 is 11.1 Å². The van der Waals surface area contributed by atoms with Crippen molar-refractivity contribution in [2.24, 2.45) is 5.92 Å². The van der Waals surface area contributed by atoms with Crippen molar-refractivity contribution in [2.45, 2.75) is 32.2 Å². The molecule has 1 aromatic rings. The summed E-state index contributed by atoms with van der Waals surface area (Å²) in [6.45, 7) is 4.67. The maximum atomic E-state index is 8.36. The van der Waals surface area contributed by atoms with Crippen molar-refractivity contribution < 1.29 is 19.8 Å². The molecule has 9 nitrogen and oxygen atoms in total. The summed E-state index contributed by atoms with van der Waals surface area (Å²) in [5, 5.41) is 17.7. The molecule has 1 aliphatic carbocycles. The van der Waals surface area contributed by atoms with E-state index in [0.29, 0.717) is 16.8 Å². The van der Waals surface area contributed by atoms with E-state index in [-0.39, 0.29) is 18.9 Å². The van der Waals surface area contributed by atoms with Crippen molar-refractivity contribution in [3.63, 3.8) is 0 Å². The number of carbonyl (C=O) groups is 2. The molecule has 0 aromatic carbocycles. The molecule has 140 valence electrons. The normalized spacial score (nSPS) is 19.0. The number of nitrogen functional groups attached to an aromatic ring is 1. The number of nitrogens with one attached hydrogen (secondary N) is 1. The smallest absolute Gasteiger partial charge is 0.290 e. The van der Waals surface area contributed by atoms with Crippen LogP contribution in [0.2, 0.25) is 5.02 Å². The Morgan fingerprint density at radius 3 is 2.44 bits per heavy atom. The molecule has 5 N–H and O–H groups in total. The molecule has 1 aliphatic heterocycles. The molecule has 3 rings (SSSR count). The summed E-state index contributed by atoms with van der Waals surface area (Å²) in [5.41, 5.74) is 6.38. The third-order valence-electron chi connectivity index (χ3n) is 3.97. The molecule has 25 heavy (non-hydrogen) atoms. The average Bonchev–Trinajstić information content (AvgIpc) is 3.30. The van der Waals surface area contributed by atoms with Crippen molar-refractivity contribution in [1.82, 2.24) is 14.9 Å². The van der Waals surface area contributed by atoms with Crippen LogP contribution in [0.3, 0.4) is 0 Å². The second-order valence-corrected chi connectivity index (χ2v) is 6.18. The topological polar surface area (TPSA) is 142 Å². The van der Waals surface area contributed by atoms with Crippen LogP contribution in [0.15, 0.2) is 0 Å². The van der Waals surface area contributed by atoms with Gasteiger partial charge in [0, 0.05) is 19.1 Å². The van der Waals surface area contributed by atoms with Gasteiger partial charge in [0.15, 0.2) is 5.82 Å². The summed E-state index contributed by atoms with van der Waals surface area (Å²) >= 11 is 6.19. The van der Waals surface area contributed by atoms with Crippen molar-refractivity contribution in [3.8, 4) is 0 Å². The van der Waals surface area contributed by atoms with Gasteiger partial charge in [0.2, 0.25) is 5.95 Å². The van der Waals surface area contributed by atoms with Gasteiger partial charge < -0.3 is 26.2 Å². The molecule has 1 saturated carbocycles. The van der Waals surface area contributed by atoms with Crippen LogP contribution in [-0.4, -0.2) is 63.7 Å². The Kier molecular flexibility index (Phi) is 8.93. The van der Waals surface area contributed by atoms with Gasteiger partial charge in [-0.1, -0.05) is 11.6 Å². The molecule has 1 unspecified atom stereocenters. The van der Waals surface area contributed by atoms with E-state index < -0.39 is 0 Å². The average molecular weight is 374 g/mol. The maximum Gasteiger partial charge on any atom is 0.290 e. The Bertz CT molecular complexity index is 565. The Morgan fingerprint density at radius 2 is 1.88 bits per heavy atom. The number of nitrogens with two attached hydrogens (primary N) is 1. The van der Waals surface area contributed by atoms with Gasteiger partial charge in [-0.15, -0.1) is 0 Å². The Morgan fingerprint density at radius 1 is 1.28 bits per heavy atom. The number of halogens is 1. The number of nitrogens with zero attached hydrogens (tertiary/aromatic N) is 3. The highest BCUT2D eigenvalue weighted by Gasteiger charge is 2.34. The SMILES string of the molecule is Cc1nc(N)nc(NCC2CCN(C3CC3)C2)c1Cl.O=CO.O=CO. The van der Waals surface area contributed by atoms with Crippen LogP contribution in [0.5, 0.6) is 0 Å². The van der Waals surface area contributed by atoms with E-state index in [9.17, 15) is 0 Å². The number of aryl methyl sites for hydroxylation is 1. The number of hydrogen-bond acceptors (Lipinski definition) is 7. The molecule has 0 bridgehead atoms. The summed E-state index contributed by atoms with van der Waals surface area (Å²) in [7, 11) is 0. The largest absolute Gasteiger partial charge is 0.483 e. The van der Waals surface area contributed by atoms with Crippen molar-refractivity contribution in [1.29, 1.82) is 0 Å². The summed E-state index contributed by atoms with van der Waals surface area (Å²) < 4.78 is 0. The van der Waals surface area contributed by atoms with Crippen LogP contribution in [-0.2, 0) is 9.59 Å². The molecule has 2 aliphatic rings. The molecule has 1 aromatic heterocycles.